The summed E-state index contributed by atoms with van der Waals surface area (Å²) in [5, 5.41) is 9.01. The topological polar surface area (TPSA) is 61.8 Å². The second kappa shape index (κ2) is 12.4. The molecule has 2 aromatic rings. The number of pyridine rings is 1. The molecule has 0 radical (unpaired) electrons. The average Bonchev–Trinajstić information content (AvgIpc) is 3.21. The van der Waals surface area contributed by atoms with Crippen molar-refractivity contribution < 1.29 is 4.74 Å². The van der Waals surface area contributed by atoms with E-state index in [1.807, 2.05) is 29.5 Å². The summed E-state index contributed by atoms with van der Waals surface area (Å²) in [5.41, 5.74) is 0.964. The number of morpholine rings is 1. The highest BCUT2D eigenvalue weighted by Gasteiger charge is 2.26. The third kappa shape index (κ3) is 6.98. The number of rotatable bonds is 7. The third-order valence-corrected chi connectivity index (χ3v) is 5.49. The van der Waals surface area contributed by atoms with E-state index >= 15 is 0 Å². The lowest BCUT2D eigenvalue weighted by molar-refractivity contribution is -0.0334. The molecule has 0 bridgehead atoms. The predicted octanol–water partition coefficient (Wildman–Crippen LogP) is 3.28. The van der Waals surface area contributed by atoms with Gasteiger partial charge in [0.1, 0.15) is 0 Å². The lowest BCUT2D eigenvalue weighted by Gasteiger charge is -2.37. The van der Waals surface area contributed by atoms with E-state index in [2.05, 4.69) is 56.9 Å². The highest BCUT2D eigenvalue weighted by Crippen LogP contribution is 2.26. The van der Waals surface area contributed by atoms with Gasteiger partial charge >= 0.3 is 0 Å². The molecule has 0 saturated carbocycles. The van der Waals surface area contributed by atoms with E-state index in [9.17, 15) is 0 Å². The van der Waals surface area contributed by atoms with E-state index < -0.39 is 0 Å². The highest BCUT2D eigenvalue weighted by atomic mass is 127. The van der Waals surface area contributed by atoms with Gasteiger partial charge in [-0.3, -0.25) is 9.88 Å². The first-order valence-electron chi connectivity index (χ1n) is 9.57. The highest BCUT2D eigenvalue weighted by molar-refractivity contribution is 14.0. The summed E-state index contributed by atoms with van der Waals surface area (Å²) in [6, 6.07) is 10.6. The molecule has 2 N–H and O–H groups in total. The molecule has 2 atom stereocenters. The minimum Gasteiger partial charge on any atom is -0.376 e. The van der Waals surface area contributed by atoms with Crippen LogP contribution in [0.5, 0.6) is 0 Å². The molecule has 0 aromatic carbocycles. The number of thiophene rings is 1. The van der Waals surface area contributed by atoms with Crippen LogP contribution in [0.15, 0.2) is 46.9 Å². The molecule has 1 saturated heterocycles. The number of aromatic nitrogens is 1. The molecule has 0 aliphatic carbocycles. The minimum absolute atomic E-state index is 0. The molecule has 8 heteroatoms. The van der Waals surface area contributed by atoms with Gasteiger partial charge in [-0.25, -0.2) is 4.99 Å². The zero-order valence-electron chi connectivity index (χ0n) is 16.5. The summed E-state index contributed by atoms with van der Waals surface area (Å²) in [6.45, 7) is 9.11. The van der Waals surface area contributed by atoms with Crippen LogP contribution in [0.2, 0.25) is 0 Å². The van der Waals surface area contributed by atoms with Crippen LogP contribution in [0.25, 0.3) is 0 Å². The van der Waals surface area contributed by atoms with Crippen molar-refractivity contribution in [3.8, 4) is 0 Å². The van der Waals surface area contributed by atoms with E-state index in [4.69, 9.17) is 4.74 Å². The summed E-state index contributed by atoms with van der Waals surface area (Å²) >= 11 is 1.81. The Labute approximate surface area is 188 Å². The lowest BCUT2D eigenvalue weighted by atomic mass is 10.1. The van der Waals surface area contributed by atoms with Crippen molar-refractivity contribution in [1.82, 2.24) is 20.5 Å². The molecule has 3 heterocycles. The first-order chi connectivity index (χ1) is 13.3. The van der Waals surface area contributed by atoms with Gasteiger partial charge in [-0.1, -0.05) is 12.1 Å². The number of nitrogens with one attached hydrogen (secondary N) is 2. The molecule has 1 aliphatic heterocycles. The third-order valence-electron chi connectivity index (χ3n) is 4.52. The number of halogens is 1. The summed E-state index contributed by atoms with van der Waals surface area (Å²) in [5.74, 6) is 0.825. The number of hydrogen-bond acceptors (Lipinski definition) is 5. The first kappa shape index (κ1) is 23.1. The standard InChI is InChI=1S/C20H29N5OS.HI/c1-3-21-20(23-13-17-7-4-5-9-22-17)24-14-18(19-8-6-12-27-19)25-10-11-26-16(2)15-25;/h4-9,12,16,18H,3,10-11,13-15H2,1-2H3,(H2,21,23,24);1H. The zero-order chi connectivity index (χ0) is 18.9. The van der Waals surface area contributed by atoms with Gasteiger partial charge in [0.15, 0.2) is 5.96 Å². The van der Waals surface area contributed by atoms with Gasteiger partial charge in [-0.2, -0.15) is 0 Å². The van der Waals surface area contributed by atoms with Gasteiger partial charge in [0.25, 0.3) is 0 Å². The van der Waals surface area contributed by atoms with Crippen molar-refractivity contribution in [2.24, 2.45) is 4.99 Å². The maximum atomic E-state index is 5.73. The summed E-state index contributed by atoms with van der Waals surface area (Å²) in [7, 11) is 0. The molecule has 1 fully saturated rings. The maximum absolute atomic E-state index is 5.73. The van der Waals surface area contributed by atoms with Crippen LogP contribution in [0.4, 0.5) is 0 Å². The van der Waals surface area contributed by atoms with Gasteiger partial charge in [0.2, 0.25) is 0 Å². The Morgan fingerprint density at radius 3 is 2.93 bits per heavy atom. The van der Waals surface area contributed by atoms with Crippen LogP contribution in [0.1, 0.15) is 30.5 Å². The summed E-state index contributed by atoms with van der Waals surface area (Å²) in [4.78, 5) is 12.9. The van der Waals surface area contributed by atoms with Crippen LogP contribution in [-0.4, -0.2) is 54.7 Å². The molecule has 2 aromatic heterocycles. The van der Waals surface area contributed by atoms with E-state index in [-0.39, 0.29) is 30.1 Å². The Bertz CT molecular complexity index is 698. The zero-order valence-corrected chi connectivity index (χ0v) is 19.7. The molecular weight excluding hydrogens is 485 g/mol. The average molecular weight is 515 g/mol. The molecule has 28 heavy (non-hydrogen) atoms. The van der Waals surface area contributed by atoms with E-state index in [0.717, 1.165) is 44.4 Å². The number of aliphatic imine (C=N–C) groups is 1. The molecule has 3 rings (SSSR count). The van der Waals surface area contributed by atoms with Crippen LogP contribution in [0.3, 0.4) is 0 Å². The molecule has 0 amide bonds. The normalized spacial score (nSPS) is 18.9. The SMILES string of the molecule is CCNC(=NCc1ccccn1)NCC(c1cccs1)N1CCOC(C)C1.I. The van der Waals surface area contributed by atoms with Crippen LogP contribution in [-0.2, 0) is 11.3 Å². The maximum Gasteiger partial charge on any atom is 0.191 e. The van der Waals surface area contributed by atoms with Gasteiger partial charge < -0.3 is 15.4 Å². The second-order valence-corrected chi connectivity index (χ2v) is 7.58. The lowest BCUT2D eigenvalue weighted by Crippen LogP contribution is -2.48. The van der Waals surface area contributed by atoms with E-state index in [0.29, 0.717) is 12.6 Å². The van der Waals surface area contributed by atoms with Crippen molar-refractivity contribution in [3.63, 3.8) is 0 Å². The predicted molar refractivity (Wildman–Crippen MR) is 127 cm³/mol. The Balaban J connectivity index is 0.00000280. The fourth-order valence-electron chi connectivity index (χ4n) is 3.21. The minimum atomic E-state index is 0. The van der Waals surface area contributed by atoms with Gasteiger partial charge in [-0.15, -0.1) is 35.3 Å². The number of nitrogens with zero attached hydrogens (tertiary/aromatic N) is 3. The second-order valence-electron chi connectivity index (χ2n) is 6.60. The van der Waals surface area contributed by atoms with Crippen molar-refractivity contribution in [3.05, 3.63) is 52.5 Å². The number of hydrogen-bond donors (Lipinski definition) is 2. The molecule has 0 spiro atoms. The van der Waals surface area contributed by atoms with Crippen molar-refractivity contribution >= 4 is 41.3 Å². The van der Waals surface area contributed by atoms with Crippen LogP contribution in [0, 0.1) is 0 Å². The first-order valence-corrected chi connectivity index (χ1v) is 10.5. The molecule has 6 nitrogen and oxygen atoms in total. The van der Waals surface area contributed by atoms with Gasteiger partial charge in [-0.05, 0) is 37.4 Å². The smallest absolute Gasteiger partial charge is 0.191 e. The summed E-state index contributed by atoms with van der Waals surface area (Å²) < 4.78 is 5.73. The van der Waals surface area contributed by atoms with Crippen molar-refractivity contribution in [1.29, 1.82) is 0 Å². The van der Waals surface area contributed by atoms with Crippen LogP contribution < -0.4 is 10.6 Å². The molecule has 2 unspecified atom stereocenters. The van der Waals surface area contributed by atoms with Gasteiger partial charge in [0, 0.05) is 37.3 Å². The molecular formula is C20H30IN5OS. The Morgan fingerprint density at radius 1 is 1.36 bits per heavy atom. The van der Waals surface area contributed by atoms with Gasteiger partial charge in [0.05, 0.1) is 31.0 Å². The molecule has 1 aliphatic rings. The van der Waals surface area contributed by atoms with Crippen molar-refractivity contribution in [2.45, 2.75) is 32.5 Å². The Kier molecular flexibility index (Phi) is 10.2. The van der Waals surface area contributed by atoms with E-state index in [1.165, 1.54) is 4.88 Å². The Morgan fingerprint density at radius 2 is 2.25 bits per heavy atom. The molecule has 154 valence electrons. The fraction of sp³-hybridized carbons (Fsp3) is 0.500. The van der Waals surface area contributed by atoms with Crippen molar-refractivity contribution in [2.75, 3.05) is 32.8 Å². The van der Waals surface area contributed by atoms with Crippen LogP contribution >= 0.6 is 35.3 Å². The Hall–Kier alpha value is -1.23. The largest absolute Gasteiger partial charge is 0.376 e. The van der Waals surface area contributed by atoms with E-state index in [1.54, 1.807) is 6.20 Å². The number of guanidine groups is 1. The summed E-state index contributed by atoms with van der Waals surface area (Å²) in [6.07, 6.45) is 2.07. The quantitative estimate of drug-likeness (QED) is 0.337. The fourth-order valence-corrected chi connectivity index (χ4v) is 4.07. The monoisotopic (exact) mass is 515 g/mol. The number of ether oxygens (including phenoxy) is 1.